The number of nitrogens with zero attached hydrogens (tertiary/aromatic N) is 4. The van der Waals surface area contributed by atoms with Gasteiger partial charge in [-0.15, -0.1) is 0 Å². The van der Waals surface area contributed by atoms with Crippen LogP contribution in [0.4, 0.5) is 0 Å². The van der Waals surface area contributed by atoms with E-state index in [1.54, 1.807) is 0 Å². The van der Waals surface area contributed by atoms with E-state index in [1.165, 1.54) is 16.2 Å². The number of benzene rings is 8. The molecule has 0 aliphatic rings. The quantitative estimate of drug-likeness (QED) is 0.167. The molecular weight excluding hydrogens is 673 g/mol. The molecule has 0 spiro atoms. The predicted molar refractivity (Wildman–Crippen MR) is 225 cm³/mol. The lowest BCUT2D eigenvalue weighted by Gasteiger charge is -2.13. The van der Waals surface area contributed by atoms with E-state index in [-0.39, 0.29) is 0 Å². The maximum Gasteiger partial charge on any atom is 0.164 e. The van der Waals surface area contributed by atoms with Crippen molar-refractivity contribution in [3.8, 4) is 56.5 Å². The highest BCUT2D eigenvalue weighted by Crippen LogP contribution is 2.39. The SMILES string of the molecule is c1ccc(-c2nc(-c3ccc(-c4cccc5oc6ccccc6c45)cc3)nc(-c3ccc(-c4nc5ccccc5c5ccc6ccccc6c45)cc3)n2)cc1. The summed E-state index contributed by atoms with van der Waals surface area (Å²) in [5.41, 5.74) is 9.67. The fourth-order valence-corrected chi connectivity index (χ4v) is 7.88. The number of furan rings is 1. The summed E-state index contributed by atoms with van der Waals surface area (Å²) in [5, 5.41) is 8.09. The van der Waals surface area contributed by atoms with Crippen molar-refractivity contribution in [3.05, 3.63) is 182 Å². The van der Waals surface area contributed by atoms with Crippen LogP contribution in [-0.4, -0.2) is 19.9 Å². The van der Waals surface area contributed by atoms with Gasteiger partial charge in [0.25, 0.3) is 0 Å². The molecule has 0 bridgehead atoms. The molecule has 0 saturated carbocycles. The van der Waals surface area contributed by atoms with Gasteiger partial charge in [-0.2, -0.15) is 0 Å². The lowest BCUT2D eigenvalue weighted by molar-refractivity contribution is 0.669. The molecule has 0 N–H and O–H groups in total. The third-order valence-electron chi connectivity index (χ3n) is 10.5. The maximum absolute atomic E-state index is 6.17. The first-order valence-electron chi connectivity index (χ1n) is 18.4. The molecule has 0 radical (unpaired) electrons. The molecule has 0 atom stereocenters. The van der Waals surface area contributed by atoms with Gasteiger partial charge in [0, 0.05) is 43.8 Å². The van der Waals surface area contributed by atoms with Gasteiger partial charge in [0.05, 0.1) is 11.2 Å². The van der Waals surface area contributed by atoms with Crippen LogP contribution >= 0.6 is 0 Å². The lowest BCUT2D eigenvalue weighted by atomic mass is 9.95. The number of rotatable bonds is 5. The summed E-state index contributed by atoms with van der Waals surface area (Å²) >= 11 is 0. The van der Waals surface area contributed by atoms with Crippen molar-refractivity contribution in [2.45, 2.75) is 0 Å². The van der Waals surface area contributed by atoms with Gasteiger partial charge in [-0.3, -0.25) is 0 Å². The number of hydrogen-bond donors (Lipinski definition) is 0. The van der Waals surface area contributed by atoms with Crippen LogP contribution in [0.15, 0.2) is 186 Å². The average molecular weight is 703 g/mol. The molecule has 256 valence electrons. The highest BCUT2D eigenvalue weighted by atomic mass is 16.3. The number of aromatic nitrogens is 4. The summed E-state index contributed by atoms with van der Waals surface area (Å²) in [6.45, 7) is 0. The van der Waals surface area contributed by atoms with Crippen LogP contribution in [-0.2, 0) is 0 Å². The normalized spacial score (nSPS) is 11.6. The molecule has 3 aromatic heterocycles. The fraction of sp³-hybridized carbons (Fsp3) is 0. The van der Waals surface area contributed by atoms with E-state index >= 15 is 0 Å². The van der Waals surface area contributed by atoms with Crippen molar-refractivity contribution >= 4 is 54.4 Å². The van der Waals surface area contributed by atoms with Gasteiger partial charge in [0.15, 0.2) is 17.5 Å². The van der Waals surface area contributed by atoms with Gasteiger partial charge in [-0.25, -0.2) is 19.9 Å². The van der Waals surface area contributed by atoms with Crippen LogP contribution < -0.4 is 0 Å². The molecule has 0 amide bonds. The Morgan fingerprint density at radius 3 is 1.62 bits per heavy atom. The molecule has 11 rings (SSSR count). The molecule has 55 heavy (non-hydrogen) atoms. The van der Waals surface area contributed by atoms with E-state index in [2.05, 4.69) is 121 Å². The zero-order valence-corrected chi connectivity index (χ0v) is 29.5. The van der Waals surface area contributed by atoms with Crippen molar-refractivity contribution in [1.82, 2.24) is 19.9 Å². The Labute approximate surface area is 316 Å². The predicted octanol–water partition coefficient (Wildman–Crippen LogP) is 13.0. The van der Waals surface area contributed by atoms with Gasteiger partial charge < -0.3 is 4.42 Å². The Kier molecular flexibility index (Phi) is 7.10. The second kappa shape index (κ2) is 12.6. The molecule has 5 nitrogen and oxygen atoms in total. The van der Waals surface area contributed by atoms with Crippen LogP contribution in [0.25, 0.3) is 111 Å². The van der Waals surface area contributed by atoms with Crippen LogP contribution in [0.3, 0.4) is 0 Å². The van der Waals surface area contributed by atoms with Crippen molar-refractivity contribution in [1.29, 1.82) is 0 Å². The van der Waals surface area contributed by atoms with Gasteiger partial charge in [0.2, 0.25) is 0 Å². The van der Waals surface area contributed by atoms with Crippen molar-refractivity contribution < 1.29 is 4.42 Å². The topological polar surface area (TPSA) is 64.7 Å². The summed E-state index contributed by atoms with van der Waals surface area (Å²) < 4.78 is 6.17. The fourth-order valence-electron chi connectivity index (χ4n) is 7.88. The minimum absolute atomic E-state index is 0.607. The molecule has 11 aromatic rings. The van der Waals surface area contributed by atoms with Gasteiger partial charge in [-0.05, 0) is 45.5 Å². The smallest absolute Gasteiger partial charge is 0.164 e. The largest absolute Gasteiger partial charge is 0.456 e. The number of para-hydroxylation sites is 2. The van der Waals surface area contributed by atoms with E-state index in [0.29, 0.717) is 17.5 Å². The highest BCUT2D eigenvalue weighted by molar-refractivity contribution is 6.21. The minimum Gasteiger partial charge on any atom is -0.456 e. The van der Waals surface area contributed by atoms with Crippen molar-refractivity contribution in [2.24, 2.45) is 0 Å². The Morgan fingerprint density at radius 1 is 0.309 bits per heavy atom. The third kappa shape index (κ3) is 5.24. The molecule has 3 heterocycles. The molecule has 0 saturated heterocycles. The van der Waals surface area contributed by atoms with Crippen LogP contribution in [0.1, 0.15) is 0 Å². The summed E-state index contributed by atoms with van der Waals surface area (Å²) in [6, 6.07) is 62.7. The molecular formula is C50H30N4O. The standard InChI is InChI=1S/C50H30N4O/c1-2-12-34(13-3-1)48-52-49(35-25-21-32(22-26-35)37-17-10-20-44-45(37)41-16-7-9-19-43(41)55-44)54-50(53-48)36-27-23-33(24-28-36)47-46-38-14-5-4-11-31(38)29-30-40(46)39-15-6-8-18-42(39)51-47/h1-30H. The molecule has 0 unspecified atom stereocenters. The Balaban J connectivity index is 1.02. The number of fused-ring (bicyclic) bond motifs is 8. The zero-order valence-electron chi connectivity index (χ0n) is 29.5. The Bertz CT molecular complexity index is 3240. The second-order valence-corrected chi connectivity index (χ2v) is 13.8. The second-order valence-electron chi connectivity index (χ2n) is 13.8. The molecule has 0 aliphatic carbocycles. The van der Waals surface area contributed by atoms with E-state index in [9.17, 15) is 0 Å². The lowest BCUT2D eigenvalue weighted by Crippen LogP contribution is -2.00. The number of pyridine rings is 1. The average Bonchev–Trinajstić information content (AvgIpc) is 3.65. The van der Waals surface area contributed by atoms with E-state index in [4.69, 9.17) is 24.4 Å². The first-order valence-corrected chi connectivity index (χ1v) is 18.4. The molecule has 0 aliphatic heterocycles. The van der Waals surface area contributed by atoms with Gasteiger partial charge >= 0.3 is 0 Å². The molecule has 0 fully saturated rings. The van der Waals surface area contributed by atoms with Crippen LogP contribution in [0, 0.1) is 0 Å². The minimum atomic E-state index is 0.607. The van der Waals surface area contributed by atoms with E-state index < -0.39 is 0 Å². The highest BCUT2D eigenvalue weighted by Gasteiger charge is 2.17. The van der Waals surface area contributed by atoms with E-state index in [0.717, 1.165) is 77.3 Å². The molecule has 5 heteroatoms. The molecule has 8 aromatic carbocycles. The van der Waals surface area contributed by atoms with Crippen molar-refractivity contribution in [2.75, 3.05) is 0 Å². The maximum atomic E-state index is 6.17. The first-order chi connectivity index (χ1) is 27.2. The summed E-state index contributed by atoms with van der Waals surface area (Å²) in [4.78, 5) is 20.3. The number of hydrogen-bond acceptors (Lipinski definition) is 5. The summed E-state index contributed by atoms with van der Waals surface area (Å²) in [5.74, 6) is 1.84. The first kappa shape index (κ1) is 31.1. The monoisotopic (exact) mass is 702 g/mol. The Hall–Kier alpha value is -7.50. The van der Waals surface area contributed by atoms with Gasteiger partial charge in [-0.1, -0.05) is 164 Å². The van der Waals surface area contributed by atoms with Crippen LogP contribution in [0.5, 0.6) is 0 Å². The van der Waals surface area contributed by atoms with Crippen molar-refractivity contribution in [3.63, 3.8) is 0 Å². The summed E-state index contributed by atoms with van der Waals surface area (Å²) in [6.07, 6.45) is 0. The zero-order chi connectivity index (χ0) is 36.3. The van der Waals surface area contributed by atoms with Gasteiger partial charge in [0.1, 0.15) is 11.2 Å². The van der Waals surface area contributed by atoms with Crippen LogP contribution in [0.2, 0.25) is 0 Å². The third-order valence-corrected chi connectivity index (χ3v) is 10.5. The Morgan fingerprint density at radius 2 is 0.873 bits per heavy atom. The van der Waals surface area contributed by atoms with E-state index in [1.807, 2.05) is 60.7 Å². The summed E-state index contributed by atoms with van der Waals surface area (Å²) in [7, 11) is 0.